The molecule has 0 fully saturated rings. The summed E-state index contributed by atoms with van der Waals surface area (Å²) in [5.74, 6) is 0.531. The van der Waals surface area contributed by atoms with Gasteiger partial charge in [-0.3, -0.25) is 0 Å². The highest BCUT2D eigenvalue weighted by Gasteiger charge is 2.12. The predicted molar refractivity (Wildman–Crippen MR) is 78.8 cm³/mol. The second-order valence-corrected chi connectivity index (χ2v) is 4.65. The maximum absolute atomic E-state index is 10.9. The molecule has 1 aromatic heterocycles. The zero-order chi connectivity index (χ0) is 14.8. The molecule has 2 aromatic carbocycles. The Morgan fingerprint density at radius 3 is 1.95 bits per heavy atom. The lowest BCUT2D eigenvalue weighted by atomic mass is 10.1. The van der Waals surface area contributed by atoms with E-state index >= 15 is 0 Å². The third kappa shape index (κ3) is 2.41. The molecule has 1 heterocycles. The van der Waals surface area contributed by atoms with Crippen molar-refractivity contribution in [1.29, 1.82) is 0 Å². The molecule has 0 aliphatic heterocycles. The average molecular weight is 279 g/mol. The van der Waals surface area contributed by atoms with Crippen LogP contribution < -0.4 is 0 Å². The Kier molecular flexibility index (Phi) is 3.23. The van der Waals surface area contributed by atoms with E-state index in [-0.39, 0.29) is 5.56 Å². The lowest BCUT2D eigenvalue weighted by Crippen LogP contribution is -1.98. The van der Waals surface area contributed by atoms with Crippen LogP contribution in [-0.4, -0.2) is 25.8 Å². The van der Waals surface area contributed by atoms with Crippen molar-refractivity contribution in [2.75, 3.05) is 0 Å². The molecule has 0 aliphatic carbocycles. The molecule has 0 aliphatic rings. The molecule has 0 spiro atoms. The first-order chi connectivity index (χ1) is 10.2. The molecule has 3 rings (SSSR count). The van der Waals surface area contributed by atoms with Gasteiger partial charge in [-0.05, 0) is 12.1 Å². The van der Waals surface area contributed by atoms with Crippen molar-refractivity contribution in [2.45, 2.75) is 0 Å². The van der Waals surface area contributed by atoms with Gasteiger partial charge in [0.2, 0.25) is 0 Å². The van der Waals surface area contributed by atoms with Gasteiger partial charge < -0.3 is 9.67 Å². The van der Waals surface area contributed by atoms with Crippen molar-refractivity contribution >= 4 is 5.97 Å². The smallest absolute Gasteiger partial charge is 0.335 e. The summed E-state index contributed by atoms with van der Waals surface area (Å²) in [7, 11) is 1.89. The van der Waals surface area contributed by atoms with Crippen LogP contribution >= 0.6 is 0 Å². The van der Waals surface area contributed by atoms with Gasteiger partial charge in [-0.1, -0.05) is 42.5 Å². The van der Waals surface area contributed by atoms with E-state index in [1.165, 1.54) is 0 Å². The topological polar surface area (TPSA) is 68.0 Å². The molecule has 104 valence electrons. The van der Waals surface area contributed by atoms with E-state index in [2.05, 4.69) is 10.2 Å². The van der Waals surface area contributed by atoms with Crippen LogP contribution in [0.4, 0.5) is 0 Å². The van der Waals surface area contributed by atoms with E-state index in [1.54, 1.807) is 24.3 Å². The molecule has 0 radical (unpaired) electrons. The van der Waals surface area contributed by atoms with E-state index < -0.39 is 5.97 Å². The monoisotopic (exact) mass is 279 g/mol. The number of benzene rings is 2. The molecule has 0 saturated carbocycles. The average Bonchev–Trinajstić information content (AvgIpc) is 2.90. The van der Waals surface area contributed by atoms with Crippen molar-refractivity contribution in [3.05, 3.63) is 60.2 Å². The molecule has 0 amide bonds. The van der Waals surface area contributed by atoms with Crippen molar-refractivity contribution in [2.24, 2.45) is 7.05 Å². The first-order valence-corrected chi connectivity index (χ1v) is 6.45. The summed E-state index contributed by atoms with van der Waals surface area (Å²) < 4.78 is 1.89. The molecule has 0 atom stereocenters. The maximum Gasteiger partial charge on any atom is 0.335 e. The van der Waals surface area contributed by atoms with E-state index in [9.17, 15) is 4.79 Å². The minimum Gasteiger partial charge on any atom is -0.478 e. The number of hydrogen-bond donors (Lipinski definition) is 1. The summed E-state index contributed by atoms with van der Waals surface area (Å²) in [6.45, 7) is 0. The molecule has 3 aromatic rings. The van der Waals surface area contributed by atoms with Gasteiger partial charge in [-0.15, -0.1) is 10.2 Å². The summed E-state index contributed by atoms with van der Waals surface area (Å²) >= 11 is 0. The zero-order valence-corrected chi connectivity index (χ0v) is 11.4. The number of rotatable bonds is 3. The largest absolute Gasteiger partial charge is 0.478 e. The minimum absolute atomic E-state index is 0.254. The molecular weight excluding hydrogens is 266 g/mol. The number of aromatic carboxylic acids is 1. The van der Waals surface area contributed by atoms with Gasteiger partial charge in [-0.2, -0.15) is 0 Å². The number of hydrogen-bond acceptors (Lipinski definition) is 3. The summed E-state index contributed by atoms with van der Waals surface area (Å²) in [4.78, 5) is 10.9. The van der Waals surface area contributed by atoms with Crippen molar-refractivity contribution in [3.8, 4) is 22.8 Å². The van der Waals surface area contributed by atoms with Gasteiger partial charge in [0.05, 0.1) is 5.56 Å². The van der Waals surface area contributed by atoms with Crippen LogP contribution in [0, 0.1) is 0 Å². The van der Waals surface area contributed by atoms with Crippen LogP contribution in [0.1, 0.15) is 10.4 Å². The third-order valence-corrected chi connectivity index (χ3v) is 3.30. The van der Waals surface area contributed by atoms with Gasteiger partial charge in [0.15, 0.2) is 11.6 Å². The SMILES string of the molecule is Cn1c(-c2ccccc2)nnc1-c1ccc(C(=O)O)cc1. The van der Waals surface area contributed by atoms with Crippen LogP contribution in [0.5, 0.6) is 0 Å². The number of nitrogens with zero attached hydrogens (tertiary/aromatic N) is 3. The van der Waals surface area contributed by atoms with Gasteiger partial charge in [-0.25, -0.2) is 4.79 Å². The van der Waals surface area contributed by atoms with Crippen LogP contribution in [0.25, 0.3) is 22.8 Å². The Morgan fingerprint density at radius 1 is 0.905 bits per heavy atom. The number of carbonyl (C=O) groups is 1. The van der Waals surface area contributed by atoms with Crippen LogP contribution in [-0.2, 0) is 7.05 Å². The second kappa shape index (κ2) is 5.20. The van der Waals surface area contributed by atoms with E-state index in [0.29, 0.717) is 5.82 Å². The number of aromatic nitrogens is 3. The van der Waals surface area contributed by atoms with E-state index in [1.807, 2.05) is 41.9 Å². The van der Waals surface area contributed by atoms with Crippen molar-refractivity contribution < 1.29 is 9.90 Å². The van der Waals surface area contributed by atoms with E-state index in [4.69, 9.17) is 5.11 Å². The normalized spacial score (nSPS) is 10.5. The lowest BCUT2D eigenvalue weighted by molar-refractivity contribution is 0.0697. The standard InChI is InChI=1S/C16H13N3O2/c1-19-14(11-5-3-2-4-6-11)17-18-15(19)12-7-9-13(10-8-12)16(20)21/h2-10H,1H3,(H,20,21). The quantitative estimate of drug-likeness (QED) is 0.800. The third-order valence-electron chi connectivity index (χ3n) is 3.30. The Morgan fingerprint density at radius 2 is 1.43 bits per heavy atom. The fraction of sp³-hybridized carbons (Fsp3) is 0.0625. The van der Waals surface area contributed by atoms with Gasteiger partial charge in [0, 0.05) is 18.2 Å². The summed E-state index contributed by atoms with van der Waals surface area (Å²) in [5.41, 5.74) is 2.07. The minimum atomic E-state index is -0.940. The van der Waals surface area contributed by atoms with E-state index in [0.717, 1.165) is 17.0 Å². The molecular formula is C16H13N3O2. The predicted octanol–water partition coefficient (Wildman–Crippen LogP) is 2.85. The van der Waals surface area contributed by atoms with Crippen LogP contribution in [0.3, 0.4) is 0 Å². The summed E-state index contributed by atoms with van der Waals surface area (Å²) in [6.07, 6.45) is 0. The number of carboxylic acids is 1. The lowest BCUT2D eigenvalue weighted by Gasteiger charge is -2.04. The highest BCUT2D eigenvalue weighted by Crippen LogP contribution is 2.23. The van der Waals surface area contributed by atoms with Gasteiger partial charge in [0.1, 0.15) is 0 Å². The molecule has 0 unspecified atom stereocenters. The van der Waals surface area contributed by atoms with Crippen molar-refractivity contribution in [3.63, 3.8) is 0 Å². The van der Waals surface area contributed by atoms with Crippen LogP contribution in [0.15, 0.2) is 54.6 Å². The Hall–Kier alpha value is -2.95. The molecule has 1 N–H and O–H groups in total. The fourth-order valence-corrected chi connectivity index (χ4v) is 2.18. The second-order valence-electron chi connectivity index (χ2n) is 4.65. The van der Waals surface area contributed by atoms with Crippen molar-refractivity contribution in [1.82, 2.24) is 14.8 Å². The Bertz CT molecular complexity index is 777. The first-order valence-electron chi connectivity index (χ1n) is 6.45. The molecule has 0 bridgehead atoms. The highest BCUT2D eigenvalue weighted by atomic mass is 16.4. The molecule has 5 nitrogen and oxygen atoms in total. The zero-order valence-electron chi connectivity index (χ0n) is 11.4. The first kappa shape index (κ1) is 13.1. The fourth-order valence-electron chi connectivity index (χ4n) is 2.18. The maximum atomic E-state index is 10.9. The molecule has 21 heavy (non-hydrogen) atoms. The van der Waals surface area contributed by atoms with Crippen LogP contribution in [0.2, 0.25) is 0 Å². The molecule has 0 saturated heterocycles. The summed E-state index contributed by atoms with van der Waals surface area (Å²) in [5, 5.41) is 17.3. The molecule has 5 heteroatoms. The highest BCUT2D eigenvalue weighted by molar-refractivity contribution is 5.88. The van der Waals surface area contributed by atoms with Gasteiger partial charge >= 0.3 is 5.97 Å². The Balaban J connectivity index is 2.01. The Labute approximate surface area is 121 Å². The number of carboxylic acid groups (broad SMARTS) is 1. The summed E-state index contributed by atoms with van der Waals surface area (Å²) in [6, 6.07) is 16.4. The van der Waals surface area contributed by atoms with Gasteiger partial charge in [0.25, 0.3) is 0 Å².